The van der Waals surface area contributed by atoms with E-state index >= 15 is 0 Å². The summed E-state index contributed by atoms with van der Waals surface area (Å²) in [6.07, 6.45) is 1.63. The van der Waals surface area contributed by atoms with Crippen molar-refractivity contribution in [2.75, 3.05) is 19.6 Å². The van der Waals surface area contributed by atoms with Gasteiger partial charge in [0.2, 0.25) is 11.8 Å². The summed E-state index contributed by atoms with van der Waals surface area (Å²) < 4.78 is 0. The van der Waals surface area contributed by atoms with E-state index in [9.17, 15) is 9.59 Å². The van der Waals surface area contributed by atoms with Crippen molar-refractivity contribution in [1.29, 1.82) is 0 Å². The fourth-order valence-corrected chi connectivity index (χ4v) is 4.93. The third kappa shape index (κ3) is 4.31. The topological polar surface area (TPSA) is 40.6 Å². The van der Waals surface area contributed by atoms with Crippen molar-refractivity contribution in [3.05, 3.63) is 55.7 Å². The van der Waals surface area contributed by atoms with Gasteiger partial charge < -0.3 is 9.80 Å². The zero-order valence-corrected chi connectivity index (χ0v) is 17.7. The standard InChI is InChI=1S/C20H22Cl2N2O2S/c1-3-8-23(13(2)25)12-19(26)24-9-6-18-16(7-10-27-18)20(24)15-5-4-14(21)11-17(15)22/h4-5,7,10-11,20H,3,6,8-9,12H2,1-2H3. The van der Waals surface area contributed by atoms with Gasteiger partial charge in [0.15, 0.2) is 0 Å². The number of rotatable bonds is 5. The molecule has 2 amide bonds. The maximum absolute atomic E-state index is 13.1. The molecule has 0 bridgehead atoms. The Bertz CT molecular complexity index is 852. The molecular weight excluding hydrogens is 403 g/mol. The number of halogens is 2. The average molecular weight is 425 g/mol. The number of nitrogens with zero attached hydrogens (tertiary/aromatic N) is 2. The highest BCUT2D eigenvalue weighted by atomic mass is 35.5. The van der Waals surface area contributed by atoms with E-state index in [-0.39, 0.29) is 24.4 Å². The van der Waals surface area contributed by atoms with E-state index in [0.29, 0.717) is 23.1 Å². The predicted molar refractivity (Wildman–Crippen MR) is 111 cm³/mol. The van der Waals surface area contributed by atoms with Crippen LogP contribution in [0.5, 0.6) is 0 Å². The van der Waals surface area contributed by atoms with Crippen LogP contribution < -0.4 is 0 Å². The minimum Gasteiger partial charge on any atom is -0.334 e. The second-order valence-corrected chi connectivity index (χ2v) is 8.49. The first kappa shape index (κ1) is 20.2. The molecule has 2 heterocycles. The quantitative estimate of drug-likeness (QED) is 0.691. The van der Waals surface area contributed by atoms with Crippen molar-refractivity contribution in [3.63, 3.8) is 0 Å². The van der Waals surface area contributed by atoms with Crippen molar-refractivity contribution in [1.82, 2.24) is 9.80 Å². The molecule has 2 aromatic rings. The highest BCUT2D eigenvalue weighted by Crippen LogP contribution is 2.41. The molecule has 1 unspecified atom stereocenters. The molecule has 0 aliphatic carbocycles. The smallest absolute Gasteiger partial charge is 0.242 e. The zero-order valence-electron chi connectivity index (χ0n) is 15.4. The van der Waals surface area contributed by atoms with Crippen LogP contribution in [0.15, 0.2) is 29.6 Å². The summed E-state index contributed by atoms with van der Waals surface area (Å²) in [5, 5.41) is 3.16. The van der Waals surface area contributed by atoms with Gasteiger partial charge in [-0.25, -0.2) is 0 Å². The van der Waals surface area contributed by atoms with Crippen LogP contribution in [0.2, 0.25) is 10.0 Å². The maximum atomic E-state index is 13.1. The van der Waals surface area contributed by atoms with Gasteiger partial charge in [0.05, 0.1) is 12.6 Å². The first-order chi connectivity index (χ1) is 12.9. The second-order valence-electron chi connectivity index (χ2n) is 6.65. The highest BCUT2D eigenvalue weighted by molar-refractivity contribution is 7.10. The molecule has 1 atom stereocenters. The summed E-state index contributed by atoms with van der Waals surface area (Å²) in [6.45, 7) is 4.77. The SMILES string of the molecule is CCCN(CC(=O)N1CCc2sccc2C1c1ccc(Cl)cc1Cl)C(C)=O. The van der Waals surface area contributed by atoms with Crippen LogP contribution in [0.4, 0.5) is 0 Å². The van der Waals surface area contributed by atoms with E-state index in [1.54, 1.807) is 28.4 Å². The number of thiophene rings is 1. The Morgan fingerprint density at radius 3 is 2.70 bits per heavy atom. The molecule has 144 valence electrons. The molecule has 27 heavy (non-hydrogen) atoms. The van der Waals surface area contributed by atoms with Crippen LogP contribution in [0.1, 0.15) is 42.3 Å². The van der Waals surface area contributed by atoms with Crippen molar-refractivity contribution >= 4 is 46.4 Å². The van der Waals surface area contributed by atoms with Crippen LogP contribution in [0, 0.1) is 0 Å². The van der Waals surface area contributed by atoms with E-state index in [1.165, 1.54) is 11.8 Å². The number of fused-ring (bicyclic) bond motifs is 1. The molecule has 1 aromatic heterocycles. The van der Waals surface area contributed by atoms with Crippen LogP contribution in [-0.4, -0.2) is 41.2 Å². The largest absolute Gasteiger partial charge is 0.334 e. The highest BCUT2D eigenvalue weighted by Gasteiger charge is 2.34. The lowest BCUT2D eigenvalue weighted by Gasteiger charge is -2.38. The maximum Gasteiger partial charge on any atom is 0.242 e. The number of amides is 2. The van der Waals surface area contributed by atoms with Crippen LogP contribution in [0.25, 0.3) is 0 Å². The van der Waals surface area contributed by atoms with Gasteiger partial charge in [0, 0.05) is 34.9 Å². The summed E-state index contributed by atoms with van der Waals surface area (Å²) in [5.74, 6) is -0.147. The molecule has 1 aliphatic rings. The van der Waals surface area contributed by atoms with Gasteiger partial charge in [0.1, 0.15) is 0 Å². The summed E-state index contributed by atoms with van der Waals surface area (Å²) in [7, 11) is 0. The number of carbonyl (C=O) groups is 2. The first-order valence-corrected chi connectivity index (χ1v) is 10.6. The Morgan fingerprint density at radius 1 is 1.26 bits per heavy atom. The predicted octanol–water partition coefficient (Wildman–Crippen LogP) is 4.79. The second kappa shape index (κ2) is 8.63. The van der Waals surface area contributed by atoms with Crippen LogP contribution in [0.3, 0.4) is 0 Å². The molecule has 0 radical (unpaired) electrons. The van der Waals surface area contributed by atoms with E-state index in [1.807, 2.05) is 17.9 Å². The zero-order chi connectivity index (χ0) is 19.6. The van der Waals surface area contributed by atoms with Crippen LogP contribution in [-0.2, 0) is 16.0 Å². The van der Waals surface area contributed by atoms with Crippen molar-refractivity contribution in [3.8, 4) is 0 Å². The number of hydrogen-bond donors (Lipinski definition) is 0. The molecule has 7 heteroatoms. The van der Waals surface area contributed by atoms with Crippen LogP contribution >= 0.6 is 34.5 Å². The lowest BCUT2D eigenvalue weighted by Crippen LogP contribution is -2.46. The third-order valence-corrected chi connectivity index (χ3v) is 6.37. The Labute approximate surface area is 173 Å². The Balaban J connectivity index is 1.96. The molecule has 1 aliphatic heterocycles. The van der Waals surface area contributed by atoms with Gasteiger partial charge in [-0.15, -0.1) is 11.3 Å². The first-order valence-electron chi connectivity index (χ1n) is 8.98. The Hall–Kier alpha value is -1.56. The molecule has 3 rings (SSSR count). The monoisotopic (exact) mass is 424 g/mol. The minimum absolute atomic E-state index is 0.0634. The molecule has 4 nitrogen and oxygen atoms in total. The van der Waals surface area contributed by atoms with Gasteiger partial charge in [0.25, 0.3) is 0 Å². The molecule has 0 spiro atoms. The lowest BCUT2D eigenvalue weighted by atomic mass is 9.93. The van der Waals surface area contributed by atoms with E-state index in [4.69, 9.17) is 23.2 Å². The fraction of sp³-hybridized carbons (Fsp3) is 0.400. The number of carbonyl (C=O) groups excluding carboxylic acids is 2. The molecular formula is C20H22Cl2N2O2S. The Morgan fingerprint density at radius 2 is 2.04 bits per heavy atom. The summed E-state index contributed by atoms with van der Waals surface area (Å²) >= 11 is 14.3. The van der Waals surface area contributed by atoms with Crippen molar-refractivity contribution < 1.29 is 9.59 Å². The summed E-state index contributed by atoms with van der Waals surface area (Å²) in [5.41, 5.74) is 1.97. The van der Waals surface area contributed by atoms with Gasteiger partial charge in [-0.05, 0) is 47.5 Å². The molecule has 0 fully saturated rings. The van der Waals surface area contributed by atoms with Gasteiger partial charge in [-0.1, -0.05) is 36.2 Å². The fourth-order valence-electron chi connectivity index (χ4n) is 3.52. The normalized spacial score (nSPS) is 16.1. The summed E-state index contributed by atoms with van der Waals surface area (Å²) in [4.78, 5) is 29.7. The minimum atomic E-state index is -0.257. The lowest BCUT2D eigenvalue weighted by molar-refractivity contribution is -0.140. The molecule has 0 N–H and O–H groups in total. The number of benzene rings is 1. The number of hydrogen-bond acceptors (Lipinski definition) is 3. The third-order valence-electron chi connectivity index (χ3n) is 4.81. The van der Waals surface area contributed by atoms with E-state index in [2.05, 4.69) is 11.4 Å². The molecule has 1 aromatic carbocycles. The van der Waals surface area contributed by atoms with Crippen molar-refractivity contribution in [2.45, 2.75) is 32.7 Å². The Kier molecular flexibility index (Phi) is 6.45. The van der Waals surface area contributed by atoms with Gasteiger partial charge >= 0.3 is 0 Å². The molecule has 0 saturated heterocycles. The van der Waals surface area contributed by atoms with Gasteiger partial charge in [-0.2, -0.15) is 0 Å². The van der Waals surface area contributed by atoms with Crippen molar-refractivity contribution in [2.24, 2.45) is 0 Å². The molecule has 0 saturated carbocycles. The van der Waals surface area contributed by atoms with E-state index in [0.717, 1.165) is 24.0 Å². The summed E-state index contributed by atoms with van der Waals surface area (Å²) in [6, 6.07) is 7.19. The van der Waals surface area contributed by atoms with Gasteiger partial charge in [-0.3, -0.25) is 9.59 Å². The average Bonchev–Trinajstić information content (AvgIpc) is 3.09. The van der Waals surface area contributed by atoms with E-state index < -0.39 is 0 Å².